The van der Waals surface area contributed by atoms with E-state index in [-0.39, 0.29) is 18.4 Å². The fourth-order valence-electron chi connectivity index (χ4n) is 2.06. The molecule has 0 spiro atoms. The van der Waals surface area contributed by atoms with E-state index in [1.54, 1.807) is 18.3 Å². The molecule has 2 heterocycles. The van der Waals surface area contributed by atoms with E-state index in [2.05, 4.69) is 22.5 Å². The molecule has 0 bridgehead atoms. The highest BCUT2D eigenvalue weighted by molar-refractivity contribution is 6.04. The van der Waals surface area contributed by atoms with Crippen LogP contribution in [-0.4, -0.2) is 53.9 Å². The van der Waals surface area contributed by atoms with Crippen molar-refractivity contribution in [1.29, 1.82) is 0 Å². The molecule has 1 aliphatic heterocycles. The maximum absolute atomic E-state index is 11.7. The molecule has 3 N–H and O–H groups in total. The predicted molar refractivity (Wildman–Crippen MR) is 67.2 cm³/mol. The molecule has 98 valence electrons. The van der Waals surface area contributed by atoms with Gasteiger partial charge in [0.05, 0.1) is 6.54 Å². The maximum Gasteiger partial charge on any atom is 0.274 e. The number of hydrogen-bond donors (Lipinski definition) is 3. The summed E-state index contributed by atoms with van der Waals surface area (Å²) in [6.45, 7) is 4.87. The third-order valence-corrected chi connectivity index (χ3v) is 2.92. The first kappa shape index (κ1) is 12.8. The predicted octanol–water partition coefficient (Wildman–Crippen LogP) is -0.435. The molecular formula is C12H18N4O2. The van der Waals surface area contributed by atoms with Gasteiger partial charge in [0.2, 0.25) is 5.91 Å². The molecule has 1 atom stereocenters. The Labute approximate surface area is 106 Å². The zero-order valence-corrected chi connectivity index (χ0v) is 10.4. The van der Waals surface area contributed by atoms with Gasteiger partial charge in [-0.1, -0.05) is 0 Å². The molecular weight excluding hydrogens is 232 g/mol. The van der Waals surface area contributed by atoms with E-state index in [0.29, 0.717) is 11.7 Å². The van der Waals surface area contributed by atoms with Crippen molar-refractivity contribution in [3.05, 3.63) is 24.0 Å². The molecule has 1 aromatic rings. The summed E-state index contributed by atoms with van der Waals surface area (Å²) in [5, 5.41) is 5.68. The Bertz CT molecular complexity index is 416. The Hall–Kier alpha value is -1.66. The second-order valence-corrected chi connectivity index (χ2v) is 4.55. The van der Waals surface area contributed by atoms with E-state index < -0.39 is 0 Å². The highest BCUT2D eigenvalue weighted by Gasteiger charge is 2.19. The van der Waals surface area contributed by atoms with Crippen molar-refractivity contribution in [3.63, 3.8) is 0 Å². The summed E-state index contributed by atoms with van der Waals surface area (Å²) in [5.41, 5.74) is 0.400. The van der Waals surface area contributed by atoms with Crippen LogP contribution in [0.15, 0.2) is 18.3 Å². The van der Waals surface area contributed by atoms with Crippen LogP contribution < -0.4 is 10.6 Å². The Kier molecular flexibility index (Phi) is 4.11. The Morgan fingerprint density at radius 1 is 1.56 bits per heavy atom. The first-order valence-corrected chi connectivity index (χ1v) is 6.08. The number of carbonyl (C=O) groups is 2. The van der Waals surface area contributed by atoms with Gasteiger partial charge in [-0.25, -0.2) is 0 Å². The number of rotatable bonds is 3. The number of piperazine rings is 1. The standard InChI is InChI=1S/C12H18N4O2/c1-9-7-16(6-5-13-9)8-11(17)15-12(18)10-3-2-4-14-10/h2-4,9,13-14H,5-8H2,1H3,(H,15,17,18)/t9-/m0/s1. The minimum atomic E-state index is -0.381. The van der Waals surface area contributed by atoms with Crippen molar-refractivity contribution < 1.29 is 9.59 Å². The van der Waals surface area contributed by atoms with Gasteiger partial charge in [-0.15, -0.1) is 0 Å². The van der Waals surface area contributed by atoms with Gasteiger partial charge in [-0.3, -0.25) is 19.8 Å². The summed E-state index contributed by atoms with van der Waals surface area (Å²) in [7, 11) is 0. The molecule has 18 heavy (non-hydrogen) atoms. The van der Waals surface area contributed by atoms with Crippen LogP contribution in [0.1, 0.15) is 17.4 Å². The summed E-state index contributed by atoms with van der Waals surface area (Å²) in [6.07, 6.45) is 1.65. The Morgan fingerprint density at radius 3 is 3.06 bits per heavy atom. The molecule has 2 rings (SSSR count). The third kappa shape index (κ3) is 3.41. The number of carbonyl (C=O) groups excluding carboxylic acids is 2. The van der Waals surface area contributed by atoms with Crippen molar-refractivity contribution in [3.8, 4) is 0 Å². The summed E-state index contributed by atoms with van der Waals surface area (Å²) in [5.74, 6) is -0.642. The van der Waals surface area contributed by atoms with Crippen LogP contribution in [0, 0.1) is 0 Å². The number of amides is 2. The van der Waals surface area contributed by atoms with Crippen LogP contribution in [0.2, 0.25) is 0 Å². The molecule has 2 amide bonds. The monoisotopic (exact) mass is 250 g/mol. The average Bonchev–Trinajstić information content (AvgIpc) is 2.81. The van der Waals surface area contributed by atoms with E-state index in [4.69, 9.17) is 0 Å². The molecule has 1 aliphatic rings. The molecule has 6 nitrogen and oxygen atoms in total. The summed E-state index contributed by atoms with van der Waals surface area (Å²) < 4.78 is 0. The lowest BCUT2D eigenvalue weighted by Crippen LogP contribution is -2.52. The topological polar surface area (TPSA) is 77.2 Å². The van der Waals surface area contributed by atoms with Gasteiger partial charge in [0.1, 0.15) is 5.69 Å². The van der Waals surface area contributed by atoms with Gasteiger partial charge in [-0.05, 0) is 19.1 Å². The molecule has 6 heteroatoms. The van der Waals surface area contributed by atoms with Gasteiger partial charge >= 0.3 is 0 Å². The number of hydrogen-bond acceptors (Lipinski definition) is 4. The van der Waals surface area contributed by atoms with Crippen LogP contribution >= 0.6 is 0 Å². The minimum absolute atomic E-state index is 0.260. The lowest BCUT2D eigenvalue weighted by atomic mass is 10.2. The molecule has 1 fully saturated rings. The molecule has 0 radical (unpaired) electrons. The maximum atomic E-state index is 11.7. The Balaban J connectivity index is 1.80. The van der Waals surface area contributed by atoms with Gasteiger partial charge in [0.15, 0.2) is 0 Å². The zero-order valence-electron chi connectivity index (χ0n) is 10.4. The summed E-state index contributed by atoms with van der Waals surface area (Å²) >= 11 is 0. The van der Waals surface area contributed by atoms with Gasteiger partial charge in [0, 0.05) is 31.9 Å². The van der Waals surface area contributed by atoms with E-state index in [0.717, 1.165) is 19.6 Å². The second kappa shape index (κ2) is 5.79. The zero-order chi connectivity index (χ0) is 13.0. The van der Waals surface area contributed by atoms with Crippen molar-refractivity contribution in [1.82, 2.24) is 20.5 Å². The van der Waals surface area contributed by atoms with Crippen molar-refractivity contribution in [2.45, 2.75) is 13.0 Å². The smallest absolute Gasteiger partial charge is 0.274 e. The number of H-pyrrole nitrogens is 1. The lowest BCUT2D eigenvalue weighted by molar-refractivity contribution is -0.121. The summed E-state index contributed by atoms with van der Waals surface area (Å²) in [6, 6.07) is 3.73. The summed E-state index contributed by atoms with van der Waals surface area (Å²) in [4.78, 5) is 28.1. The van der Waals surface area contributed by atoms with E-state index in [1.165, 1.54) is 0 Å². The Morgan fingerprint density at radius 2 is 2.39 bits per heavy atom. The largest absolute Gasteiger partial charge is 0.357 e. The lowest BCUT2D eigenvalue weighted by Gasteiger charge is -2.31. The minimum Gasteiger partial charge on any atom is -0.357 e. The molecule has 0 aliphatic carbocycles. The van der Waals surface area contributed by atoms with Crippen LogP contribution in [0.25, 0.3) is 0 Å². The highest BCUT2D eigenvalue weighted by atomic mass is 16.2. The molecule has 1 aromatic heterocycles. The van der Waals surface area contributed by atoms with Crippen LogP contribution in [0.5, 0.6) is 0 Å². The van der Waals surface area contributed by atoms with Gasteiger partial charge in [0.25, 0.3) is 5.91 Å². The van der Waals surface area contributed by atoms with Crippen molar-refractivity contribution in [2.24, 2.45) is 0 Å². The van der Waals surface area contributed by atoms with Gasteiger partial charge in [-0.2, -0.15) is 0 Å². The first-order valence-electron chi connectivity index (χ1n) is 6.08. The van der Waals surface area contributed by atoms with Crippen molar-refractivity contribution >= 4 is 11.8 Å². The average molecular weight is 250 g/mol. The first-order chi connectivity index (χ1) is 8.65. The second-order valence-electron chi connectivity index (χ2n) is 4.55. The van der Waals surface area contributed by atoms with Crippen LogP contribution in [-0.2, 0) is 4.79 Å². The van der Waals surface area contributed by atoms with E-state index >= 15 is 0 Å². The molecule has 0 saturated carbocycles. The SMILES string of the molecule is C[C@H]1CN(CC(=O)NC(=O)c2ccc[nH]2)CCN1. The molecule has 0 aromatic carbocycles. The molecule has 0 unspecified atom stereocenters. The number of aromatic nitrogens is 1. The fraction of sp³-hybridized carbons (Fsp3) is 0.500. The molecule has 1 saturated heterocycles. The van der Waals surface area contributed by atoms with Crippen LogP contribution in [0.3, 0.4) is 0 Å². The number of imide groups is 1. The third-order valence-electron chi connectivity index (χ3n) is 2.92. The number of nitrogens with zero attached hydrogens (tertiary/aromatic N) is 1. The van der Waals surface area contributed by atoms with E-state index in [1.807, 2.05) is 4.90 Å². The van der Waals surface area contributed by atoms with Crippen molar-refractivity contribution in [2.75, 3.05) is 26.2 Å². The fourth-order valence-corrected chi connectivity index (χ4v) is 2.06. The highest BCUT2D eigenvalue weighted by Crippen LogP contribution is 1.98. The quantitative estimate of drug-likeness (QED) is 0.680. The normalized spacial score (nSPS) is 20.6. The number of aromatic amines is 1. The number of nitrogens with one attached hydrogen (secondary N) is 3. The van der Waals surface area contributed by atoms with E-state index in [9.17, 15) is 9.59 Å². The van der Waals surface area contributed by atoms with Gasteiger partial charge < -0.3 is 10.3 Å². The van der Waals surface area contributed by atoms with Crippen LogP contribution in [0.4, 0.5) is 0 Å².